The number of nitrogens with one attached hydrogen (secondary N) is 1. The maximum absolute atomic E-state index is 12.8. The van der Waals surface area contributed by atoms with Crippen molar-refractivity contribution in [3.8, 4) is 0 Å². The van der Waals surface area contributed by atoms with E-state index in [2.05, 4.69) is 22.0 Å². The third kappa shape index (κ3) is 5.02. The van der Waals surface area contributed by atoms with Crippen molar-refractivity contribution in [1.82, 2.24) is 24.4 Å². The Morgan fingerprint density at radius 2 is 1.81 bits per heavy atom. The monoisotopic (exact) mass is 439 g/mol. The Morgan fingerprint density at radius 1 is 1.13 bits per heavy atom. The summed E-state index contributed by atoms with van der Waals surface area (Å²) in [5, 5.41) is 12.1. The number of aromatic amines is 1. The number of carbonyl (C=O) groups excluding carboxylic acids is 1. The topological polar surface area (TPSA) is 111 Å². The highest BCUT2D eigenvalue weighted by molar-refractivity contribution is 5.94. The van der Waals surface area contributed by atoms with Gasteiger partial charge >= 0.3 is 12.1 Å². The lowest BCUT2D eigenvalue weighted by molar-refractivity contribution is -0.192. The molecule has 12 heteroatoms. The molecule has 0 bridgehead atoms. The molecule has 1 aliphatic heterocycles. The minimum Gasteiger partial charge on any atom is -0.475 e. The van der Waals surface area contributed by atoms with Crippen LogP contribution >= 0.6 is 0 Å². The number of carboxylic acid groups (broad SMARTS) is 1. The summed E-state index contributed by atoms with van der Waals surface area (Å²) >= 11 is 0. The molecule has 0 radical (unpaired) electrons. The molecule has 3 heterocycles. The van der Waals surface area contributed by atoms with Crippen LogP contribution in [-0.4, -0.2) is 80.8 Å². The molecule has 2 N–H and O–H groups in total. The van der Waals surface area contributed by atoms with E-state index in [1.54, 1.807) is 16.6 Å². The predicted molar refractivity (Wildman–Crippen MR) is 105 cm³/mol. The van der Waals surface area contributed by atoms with Crippen LogP contribution in [0.3, 0.4) is 0 Å². The van der Waals surface area contributed by atoms with Crippen molar-refractivity contribution >= 4 is 28.4 Å². The third-order valence-electron chi connectivity index (χ3n) is 4.80. The second-order valence-corrected chi connectivity index (χ2v) is 7.05. The SMILES string of the molecule is CN1CCCN(C(=O)c2cc3[nH]c(=O)c4ccccc4n3n2)CC1.O=C(O)C(F)(F)F. The van der Waals surface area contributed by atoms with Gasteiger partial charge < -0.3 is 19.9 Å². The van der Waals surface area contributed by atoms with Gasteiger partial charge in [-0.05, 0) is 32.1 Å². The molecule has 1 fully saturated rings. The number of halogens is 3. The fourth-order valence-electron chi connectivity index (χ4n) is 3.20. The summed E-state index contributed by atoms with van der Waals surface area (Å²) in [4.78, 5) is 40.7. The molecule has 3 aromatic rings. The Morgan fingerprint density at radius 3 is 2.48 bits per heavy atom. The number of aliphatic carboxylic acids is 1. The summed E-state index contributed by atoms with van der Waals surface area (Å²) in [6.07, 6.45) is -4.13. The molecular formula is C19H20F3N5O4. The largest absolute Gasteiger partial charge is 0.490 e. The number of nitrogens with zero attached hydrogens (tertiary/aromatic N) is 4. The van der Waals surface area contributed by atoms with Crippen molar-refractivity contribution in [2.75, 3.05) is 33.2 Å². The zero-order chi connectivity index (χ0) is 22.8. The van der Waals surface area contributed by atoms with Crippen molar-refractivity contribution in [2.45, 2.75) is 12.6 Å². The van der Waals surface area contributed by atoms with Crippen LogP contribution in [0, 0.1) is 0 Å². The van der Waals surface area contributed by atoms with Gasteiger partial charge in [-0.15, -0.1) is 0 Å². The summed E-state index contributed by atoms with van der Waals surface area (Å²) in [5.41, 5.74) is 1.43. The summed E-state index contributed by atoms with van der Waals surface area (Å²) < 4.78 is 33.4. The van der Waals surface area contributed by atoms with E-state index < -0.39 is 12.1 Å². The summed E-state index contributed by atoms with van der Waals surface area (Å²) in [5.74, 6) is -2.84. The molecule has 31 heavy (non-hydrogen) atoms. The first-order valence-electron chi connectivity index (χ1n) is 9.36. The number of para-hydroxylation sites is 1. The van der Waals surface area contributed by atoms with E-state index in [4.69, 9.17) is 9.90 Å². The van der Waals surface area contributed by atoms with Crippen LogP contribution < -0.4 is 5.56 Å². The molecule has 166 valence electrons. The third-order valence-corrected chi connectivity index (χ3v) is 4.80. The van der Waals surface area contributed by atoms with Crippen LogP contribution in [0.1, 0.15) is 16.9 Å². The first-order chi connectivity index (χ1) is 14.6. The predicted octanol–water partition coefficient (Wildman–Crippen LogP) is 1.59. The average molecular weight is 439 g/mol. The van der Waals surface area contributed by atoms with Gasteiger partial charge in [0.25, 0.3) is 11.5 Å². The molecule has 0 saturated carbocycles. The molecular weight excluding hydrogens is 419 g/mol. The van der Waals surface area contributed by atoms with E-state index in [0.29, 0.717) is 28.8 Å². The number of hydrogen-bond acceptors (Lipinski definition) is 5. The van der Waals surface area contributed by atoms with Gasteiger partial charge in [0.1, 0.15) is 5.65 Å². The van der Waals surface area contributed by atoms with Gasteiger partial charge in [0.15, 0.2) is 5.69 Å². The van der Waals surface area contributed by atoms with Gasteiger partial charge in [-0.2, -0.15) is 18.3 Å². The molecule has 1 saturated heterocycles. The van der Waals surface area contributed by atoms with E-state index in [9.17, 15) is 22.8 Å². The standard InChI is InChI=1S/C17H19N5O2.C2HF3O2/c1-20-7-4-8-21(10-9-20)17(24)13-11-15-18-16(23)12-5-2-3-6-14(12)22(15)19-13;3-2(4,5)1(6)7/h2-3,5-6,11H,4,7-10H2,1H3,(H,18,23);(H,6,7). The maximum Gasteiger partial charge on any atom is 0.490 e. The normalized spacial score (nSPS) is 15.4. The van der Waals surface area contributed by atoms with E-state index in [0.717, 1.165) is 26.1 Å². The van der Waals surface area contributed by atoms with Gasteiger partial charge in [-0.1, -0.05) is 12.1 Å². The van der Waals surface area contributed by atoms with Crippen LogP contribution in [0.2, 0.25) is 0 Å². The lowest BCUT2D eigenvalue weighted by Gasteiger charge is -2.19. The molecule has 1 aliphatic rings. The number of benzene rings is 1. The lowest BCUT2D eigenvalue weighted by atomic mass is 10.2. The number of hydrogen-bond donors (Lipinski definition) is 2. The molecule has 4 rings (SSSR count). The molecule has 2 aromatic heterocycles. The van der Waals surface area contributed by atoms with E-state index in [1.165, 1.54) is 0 Å². The van der Waals surface area contributed by atoms with Crippen LogP contribution in [0.5, 0.6) is 0 Å². The van der Waals surface area contributed by atoms with Gasteiger partial charge in [0, 0.05) is 25.7 Å². The first kappa shape index (κ1) is 22.3. The lowest BCUT2D eigenvalue weighted by Crippen LogP contribution is -2.34. The fraction of sp³-hybridized carbons (Fsp3) is 0.368. The molecule has 0 unspecified atom stereocenters. The molecule has 1 amide bonds. The molecule has 0 aliphatic carbocycles. The highest BCUT2D eigenvalue weighted by atomic mass is 19.4. The number of amides is 1. The average Bonchev–Trinajstić information content (AvgIpc) is 3.02. The number of carbonyl (C=O) groups is 2. The summed E-state index contributed by atoms with van der Waals surface area (Å²) in [6.45, 7) is 3.28. The smallest absolute Gasteiger partial charge is 0.475 e. The number of aromatic nitrogens is 3. The Balaban J connectivity index is 0.000000339. The highest BCUT2D eigenvalue weighted by Crippen LogP contribution is 2.15. The van der Waals surface area contributed by atoms with Gasteiger partial charge in [-0.25, -0.2) is 9.31 Å². The summed E-state index contributed by atoms with van der Waals surface area (Å²) in [6, 6.07) is 8.91. The molecule has 1 aromatic carbocycles. The van der Waals surface area contributed by atoms with E-state index in [-0.39, 0.29) is 11.5 Å². The minimum atomic E-state index is -5.08. The van der Waals surface area contributed by atoms with Gasteiger partial charge in [-0.3, -0.25) is 9.59 Å². The van der Waals surface area contributed by atoms with Crippen molar-refractivity contribution < 1.29 is 27.9 Å². The van der Waals surface area contributed by atoms with Crippen LogP contribution in [0.25, 0.3) is 16.6 Å². The zero-order valence-corrected chi connectivity index (χ0v) is 16.5. The number of alkyl halides is 3. The van der Waals surface area contributed by atoms with Crippen molar-refractivity contribution in [2.24, 2.45) is 0 Å². The Labute approximate surface area is 173 Å². The highest BCUT2D eigenvalue weighted by Gasteiger charge is 2.38. The van der Waals surface area contributed by atoms with Crippen LogP contribution in [-0.2, 0) is 4.79 Å². The number of carboxylic acids is 1. The number of rotatable bonds is 1. The maximum atomic E-state index is 12.8. The number of likely N-dealkylation sites (N-methyl/N-ethyl adjacent to an activating group) is 1. The summed E-state index contributed by atoms with van der Waals surface area (Å²) in [7, 11) is 2.07. The molecule has 0 spiro atoms. The Bertz CT molecular complexity index is 1170. The minimum absolute atomic E-state index is 0.0843. The molecule has 9 nitrogen and oxygen atoms in total. The van der Waals surface area contributed by atoms with Crippen molar-refractivity contribution in [3.63, 3.8) is 0 Å². The second-order valence-electron chi connectivity index (χ2n) is 7.05. The van der Waals surface area contributed by atoms with Crippen molar-refractivity contribution in [1.29, 1.82) is 0 Å². The first-order valence-corrected chi connectivity index (χ1v) is 9.36. The zero-order valence-electron chi connectivity index (χ0n) is 16.5. The van der Waals surface area contributed by atoms with Gasteiger partial charge in [0.2, 0.25) is 0 Å². The van der Waals surface area contributed by atoms with E-state index in [1.807, 2.05) is 23.1 Å². The quantitative estimate of drug-likeness (QED) is 0.596. The van der Waals surface area contributed by atoms with Crippen LogP contribution in [0.4, 0.5) is 13.2 Å². The van der Waals surface area contributed by atoms with E-state index >= 15 is 0 Å². The van der Waals surface area contributed by atoms with Crippen molar-refractivity contribution in [3.05, 3.63) is 46.4 Å². The molecule has 0 atom stereocenters. The second kappa shape index (κ2) is 8.76. The van der Waals surface area contributed by atoms with Crippen LogP contribution in [0.15, 0.2) is 35.1 Å². The fourth-order valence-corrected chi connectivity index (χ4v) is 3.20. The Hall–Kier alpha value is -3.41. The Kier molecular flexibility index (Phi) is 6.29. The number of fused-ring (bicyclic) bond motifs is 3. The number of H-pyrrole nitrogens is 1. The van der Waals surface area contributed by atoms with Gasteiger partial charge in [0.05, 0.1) is 10.9 Å².